The van der Waals surface area contributed by atoms with Crippen LogP contribution in [0.3, 0.4) is 0 Å². The van der Waals surface area contributed by atoms with E-state index >= 15 is 0 Å². The van der Waals surface area contributed by atoms with Crippen LogP contribution in [0.15, 0.2) is 12.3 Å². The molecule has 3 atom stereocenters. The van der Waals surface area contributed by atoms with Crippen LogP contribution < -0.4 is 5.73 Å². The Hall–Kier alpha value is -0.870. The molecule has 1 fully saturated rings. The van der Waals surface area contributed by atoms with Gasteiger partial charge in [0.25, 0.3) is 0 Å². The third-order valence-corrected chi connectivity index (χ3v) is 4.08. The van der Waals surface area contributed by atoms with Gasteiger partial charge in [0.15, 0.2) is 0 Å². The zero-order valence-electron chi connectivity index (χ0n) is 11.1. The zero-order valence-corrected chi connectivity index (χ0v) is 11.1. The van der Waals surface area contributed by atoms with Crippen molar-refractivity contribution in [1.82, 2.24) is 14.7 Å². The summed E-state index contributed by atoms with van der Waals surface area (Å²) in [7, 11) is 2.01. The van der Waals surface area contributed by atoms with Gasteiger partial charge >= 0.3 is 0 Å². The summed E-state index contributed by atoms with van der Waals surface area (Å²) in [4.78, 5) is 2.54. The molecular weight excluding hydrogens is 212 g/mol. The summed E-state index contributed by atoms with van der Waals surface area (Å²) in [6, 6.07) is 3.03. The average Bonchev–Trinajstić information content (AvgIpc) is 2.74. The van der Waals surface area contributed by atoms with Crippen LogP contribution in [0.2, 0.25) is 0 Å². The lowest BCUT2D eigenvalue weighted by Gasteiger charge is -2.41. The van der Waals surface area contributed by atoms with E-state index in [4.69, 9.17) is 5.73 Å². The van der Waals surface area contributed by atoms with Gasteiger partial charge in [-0.1, -0.05) is 6.92 Å². The highest BCUT2D eigenvalue weighted by atomic mass is 15.3. The topological polar surface area (TPSA) is 47.1 Å². The van der Waals surface area contributed by atoms with Crippen molar-refractivity contribution in [2.45, 2.75) is 38.8 Å². The van der Waals surface area contributed by atoms with Crippen molar-refractivity contribution in [2.75, 3.05) is 13.1 Å². The van der Waals surface area contributed by atoms with Crippen LogP contribution in [-0.4, -0.2) is 33.8 Å². The lowest BCUT2D eigenvalue weighted by atomic mass is 9.91. The van der Waals surface area contributed by atoms with E-state index in [1.807, 2.05) is 17.9 Å². The Kier molecular flexibility index (Phi) is 3.84. The minimum absolute atomic E-state index is 0.406. The number of nitrogens with two attached hydrogens (primary N) is 1. The van der Waals surface area contributed by atoms with Crippen molar-refractivity contribution in [1.29, 1.82) is 0 Å². The number of nitrogens with zero attached hydrogens (tertiary/aromatic N) is 3. The van der Waals surface area contributed by atoms with Crippen LogP contribution in [0.25, 0.3) is 0 Å². The summed E-state index contributed by atoms with van der Waals surface area (Å²) in [5.74, 6) is 0.804. The molecule has 2 rings (SSSR count). The molecular formula is C13H24N4. The lowest BCUT2D eigenvalue weighted by Crippen LogP contribution is -2.47. The van der Waals surface area contributed by atoms with E-state index in [1.54, 1.807) is 0 Å². The number of hydrogen-bond acceptors (Lipinski definition) is 3. The number of aromatic nitrogens is 2. The fourth-order valence-electron chi connectivity index (χ4n) is 2.98. The molecule has 0 bridgehead atoms. The van der Waals surface area contributed by atoms with Crippen LogP contribution in [-0.2, 0) is 7.05 Å². The molecule has 0 aromatic carbocycles. The quantitative estimate of drug-likeness (QED) is 0.866. The Morgan fingerprint density at radius 1 is 1.59 bits per heavy atom. The number of piperidine rings is 1. The molecule has 4 heteroatoms. The Morgan fingerprint density at radius 2 is 2.35 bits per heavy atom. The van der Waals surface area contributed by atoms with Gasteiger partial charge in [-0.05, 0) is 38.3 Å². The second kappa shape index (κ2) is 5.19. The van der Waals surface area contributed by atoms with Crippen molar-refractivity contribution in [3.05, 3.63) is 18.0 Å². The number of hydrogen-bond donors (Lipinski definition) is 1. The first-order chi connectivity index (χ1) is 8.13. The predicted octanol–water partition coefficient (Wildman–Crippen LogP) is 1.54. The minimum Gasteiger partial charge on any atom is -0.329 e. The molecule has 2 N–H and O–H groups in total. The first-order valence-electron chi connectivity index (χ1n) is 6.57. The van der Waals surface area contributed by atoms with Gasteiger partial charge in [-0.2, -0.15) is 5.10 Å². The van der Waals surface area contributed by atoms with Crippen molar-refractivity contribution >= 4 is 0 Å². The summed E-state index contributed by atoms with van der Waals surface area (Å²) in [6.45, 7) is 6.49. The summed E-state index contributed by atoms with van der Waals surface area (Å²) >= 11 is 0. The molecule has 0 saturated carbocycles. The fourth-order valence-corrected chi connectivity index (χ4v) is 2.98. The van der Waals surface area contributed by atoms with Gasteiger partial charge in [0.2, 0.25) is 0 Å². The molecule has 0 spiro atoms. The van der Waals surface area contributed by atoms with Gasteiger partial charge in [0.05, 0.1) is 5.69 Å². The molecule has 3 unspecified atom stereocenters. The van der Waals surface area contributed by atoms with Gasteiger partial charge in [0, 0.05) is 31.9 Å². The van der Waals surface area contributed by atoms with Crippen molar-refractivity contribution < 1.29 is 0 Å². The SMILES string of the molecule is CC1CCN(C(C)c2ccnn2C)C(CN)C1. The highest BCUT2D eigenvalue weighted by Crippen LogP contribution is 2.29. The van der Waals surface area contributed by atoms with Gasteiger partial charge in [0.1, 0.15) is 0 Å². The standard InChI is InChI=1S/C13H24N4/c1-10-5-7-17(12(8-10)9-14)11(2)13-4-6-15-16(13)3/h4,6,10-12H,5,7-9,14H2,1-3H3. The molecule has 2 heterocycles. The van der Waals surface area contributed by atoms with E-state index in [0.717, 1.165) is 19.0 Å². The Labute approximate surface area is 104 Å². The van der Waals surface area contributed by atoms with Crippen LogP contribution in [0.5, 0.6) is 0 Å². The van der Waals surface area contributed by atoms with E-state index in [2.05, 4.69) is 29.9 Å². The maximum atomic E-state index is 5.92. The number of likely N-dealkylation sites (tertiary alicyclic amines) is 1. The number of aryl methyl sites for hydroxylation is 1. The van der Waals surface area contributed by atoms with E-state index in [9.17, 15) is 0 Å². The van der Waals surface area contributed by atoms with Crippen LogP contribution >= 0.6 is 0 Å². The summed E-state index contributed by atoms with van der Waals surface area (Å²) in [6.07, 6.45) is 4.37. The van der Waals surface area contributed by atoms with E-state index in [0.29, 0.717) is 12.1 Å². The first-order valence-corrected chi connectivity index (χ1v) is 6.57. The molecule has 1 aliphatic heterocycles. The monoisotopic (exact) mass is 236 g/mol. The second-order valence-corrected chi connectivity index (χ2v) is 5.31. The average molecular weight is 236 g/mol. The van der Waals surface area contributed by atoms with E-state index in [1.165, 1.54) is 18.5 Å². The second-order valence-electron chi connectivity index (χ2n) is 5.31. The molecule has 1 saturated heterocycles. The first kappa shape index (κ1) is 12.6. The van der Waals surface area contributed by atoms with Crippen LogP contribution in [0, 0.1) is 5.92 Å². The molecule has 96 valence electrons. The highest BCUT2D eigenvalue weighted by molar-refractivity contribution is 5.07. The van der Waals surface area contributed by atoms with Crippen molar-refractivity contribution in [3.8, 4) is 0 Å². The van der Waals surface area contributed by atoms with Crippen molar-refractivity contribution in [2.24, 2.45) is 18.7 Å². The Balaban J connectivity index is 2.13. The lowest BCUT2D eigenvalue weighted by molar-refractivity contribution is 0.0799. The smallest absolute Gasteiger partial charge is 0.0549 e. The van der Waals surface area contributed by atoms with Gasteiger partial charge in [-0.25, -0.2) is 0 Å². The number of rotatable bonds is 3. The molecule has 0 radical (unpaired) electrons. The normalized spacial score (nSPS) is 28.2. The van der Waals surface area contributed by atoms with Crippen LogP contribution in [0.1, 0.15) is 38.4 Å². The Bertz CT molecular complexity index is 360. The molecule has 1 aromatic heterocycles. The van der Waals surface area contributed by atoms with Gasteiger partial charge in [-0.3, -0.25) is 9.58 Å². The minimum atomic E-state index is 0.406. The van der Waals surface area contributed by atoms with Crippen molar-refractivity contribution in [3.63, 3.8) is 0 Å². The molecule has 17 heavy (non-hydrogen) atoms. The zero-order chi connectivity index (χ0) is 12.4. The van der Waals surface area contributed by atoms with E-state index < -0.39 is 0 Å². The summed E-state index contributed by atoms with van der Waals surface area (Å²) in [5, 5.41) is 4.26. The van der Waals surface area contributed by atoms with Crippen LogP contribution in [0.4, 0.5) is 0 Å². The van der Waals surface area contributed by atoms with E-state index in [-0.39, 0.29) is 0 Å². The highest BCUT2D eigenvalue weighted by Gasteiger charge is 2.30. The third-order valence-electron chi connectivity index (χ3n) is 4.08. The summed E-state index contributed by atoms with van der Waals surface area (Å²) < 4.78 is 1.97. The maximum Gasteiger partial charge on any atom is 0.0549 e. The maximum absolute atomic E-state index is 5.92. The molecule has 4 nitrogen and oxygen atoms in total. The molecule has 1 aliphatic rings. The largest absolute Gasteiger partial charge is 0.329 e. The molecule has 0 amide bonds. The fraction of sp³-hybridized carbons (Fsp3) is 0.769. The predicted molar refractivity (Wildman–Crippen MR) is 69.6 cm³/mol. The summed E-state index contributed by atoms with van der Waals surface area (Å²) in [5.41, 5.74) is 7.20. The Morgan fingerprint density at radius 3 is 2.94 bits per heavy atom. The van der Waals surface area contributed by atoms with Gasteiger partial charge < -0.3 is 5.73 Å². The molecule has 0 aliphatic carbocycles. The third kappa shape index (κ3) is 2.53. The van der Waals surface area contributed by atoms with Gasteiger partial charge in [-0.15, -0.1) is 0 Å². The molecule has 1 aromatic rings.